The Labute approximate surface area is 101 Å². The summed E-state index contributed by atoms with van der Waals surface area (Å²) >= 11 is 5.11. The molecule has 4 nitrogen and oxygen atoms in total. The summed E-state index contributed by atoms with van der Waals surface area (Å²) in [6.07, 6.45) is 2.40. The second-order valence-corrected chi connectivity index (χ2v) is 4.77. The summed E-state index contributed by atoms with van der Waals surface area (Å²) in [5, 5.41) is 2.88. The van der Waals surface area contributed by atoms with Gasteiger partial charge in [0.15, 0.2) is 4.77 Å². The highest BCUT2D eigenvalue weighted by Gasteiger charge is 2.03. The van der Waals surface area contributed by atoms with Crippen molar-refractivity contribution < 1.29 is 4.79 Å². The molecule has 0 radical (unpaired) electrons. The van der Waals surface area contributed by atoms with E-state index in [4.69, 9.17) is 12.2 Å². The van der Waals surface area contributed by atoms with Gasteiger partial charge >= 0.3 is 0 Å². The topological polar surface area (TPSA) is 49.8 Å². The minimum absolute atomic E-state index is 0.0782. The fraction of sp³-hybridized carbons (Fsp3) is 0.636. The molecule has 0 aliphatic rings. The molecule has 5 heteroatoms. The summed E-state index contributed by atoms with van der Waals surface area (Å²) in [4.78, 5) is 14.5. The Kier molecular flexibility index (Phi) is 4.73. The van der Waals surface area contributed by atoms with Crippen molar-refractivity contribution in [1.82, 2.24) is 14.9 Å². The number of imidazole rings is 1. The van der Waals surface area contributed by atoms with E-state index in [0.717, 1.165) is 12.2 Å². The van der Waals surface area contributed by atoms with Gasteiger partial charge in [0, 0.05) is 31.4 Å². The minimum Gasteiger partial charge on any atom is -0.356 e. The second-order valence-electron chi connectivity index (χ2n) is 4.38. The average Bonchev–Trinajstić information content (AvgIpc) is 2.51. The Morgan fingerprint density at radius 3 is 2.81 bits per heavy atom. The molecular weight excluding hydrogens is 222 g/mol. The maximum Gasteiger partial charge on any atom is 0.221 e. The number of hydrogen-bond donors (Lipinski definition) is 2. The number of nitrogens with one attached hydrogen (secondary N) is 2. The van der Waals surface area contributed by atoms with E-state index in [0.29, 0.717) is 23.7 Å². The SMILES string of the molecule is Cc1cn(CCC(=O)NCC(C)C)c(=S)[nH]1. The Balaban J connectivity index is 2.37. The standard InChI is InChI=1S/C11H19N3OS/c1-8(2)6-12-10(15)4-5-14-7-9(3)13-11(14)16/h7-8H,4-6H2,1-3H3,(H,12,15)(H,13,16). The fourth-order valence-corrected chi connectivity index (χ4v) is 1.66. The number of carbonyl (C=O) groups excluding carboxylic acids is 1. The molecular formula is C11H19N3OS. The van der Waals surface area contributed by atoms with Gasteiger partial charge < -0.3 is 14.9 Å². The lowest BCUT2D eigenvalue weighted by atomic mass is 10.2. The number of rotatable bonds is 5. The van der Waals surface area contributed by atoms with Crippen molar-refractivity contribution in [2.24, 2.45) is 5.92 Å². The normalized spacial score (nSPS) is 10.8. The highest BCUT2D eigenvalue weighted by Crippen LogP contribution is 1.99. The molecule has 0 atom stereocenters. The van der Waals surface area contributed by atoms with E-state index in [1.54, 1.807) is 0 Å². The Hall–Kier alpha value is -1.10. The minimum atomic E-state index is 0.0782. The Bertz CT molecular complexity index is 406. The van der Waals surface area contributed by atoms with Gasteiger partial charge in [0.2, 0.25) is 5.91 Å². The van der Waals surface area contributed by atoms with Crippen molar-refractivity contribution in [2.45, 2.75) is 33.7 Å². The van der Waals surface area contributed by atoms with Crippen molar-refractivity contribution in [3.8, 4) is 0 Å². The predicted molar refractivity (Wildman–Crippen MR) is 66.8 cm³/mol. The first-order valence-electron chi connectivity index (χ1n) is 5.52. The number of H-pyrrole nitrogens is 1. The molecule has 0 bridgehead atoms. The van der Waals surface area contributed by atoms with Crippen LogP contribution in [0.2, 0.25) is 0 Å². The number of nitrogens with zero attached hydrogens (tertiary/aromatic N) is 1. The van der Waals surface area contributed by atoms with Crippen LogP contribution in [0.15, 0.2) is 6.20 Å². The summed E-state index contributed by atoms with van der Waals surface area (Å²) in [6.45, 7) is 7.46. The van der Waals surface area contributed by atoms with Gasteiger partial charge in [-0.15, -0.1) is 0 Å². The van der Waals surface area contributed by atoms with Gasteiger partial charge in [-0.1, -0.05) is 13.8 Å². The van der Waals surface area contributed by atoms with Crippen molar-refractivity contribution in [1.29, 1.82) is 0 Å². The summed E-state index contributed by atoms with van der Waals surface area (Å²) < 4.78 is 2.56. The van der Waals surface area contributed by atoms with E-state index < -0.39 is 0 Å². The van der Waals surface area contributed by atoms with Crippen LogP contribution in [0.1, 0.15) is 26.0 Å². The molecule has 0 unspecified atom stereocenters. The molecule has 0 aliphatic carbocycles. The van der Waals surface area contributed by atoms with Gasteiger partial charge in [-0.25, -0.2) is 0 Å². The maximum absolute atomic E-state index is 11.5. The van der Waals surface area contributed by atoms with E-state index in [1.165, 1.54) is 0 Å². The van der Waals surface area contributed by atoms with Gasteiger partial charge in [-0.2, -0.15) is 0 Å². The lowest BCUT2D eigenvalue weighted by Crippen LogP contribution is -2.28. The lowest BCUT2D eigenvalue weighted by molar-refractivity contribution is -0.121. The molecule has 2 N–H and O–H groups in total. The van der Waals surface area contributed by atoms with Crippen LogP contribution in [0.25, 0.3) is 0 Å². The zero-order chi connectivity index (χ0) is 12.1. The maximum atomic E-state index is 11.5. The Morgan fingerprint density at radius 2 is 2.31 bits per heavy atom. The van der Waals surface area contributed by atoms with E-state index in [9.17, 15) is 4.79 Å². The number of amides is 1. The molecule has 0 aromatic carbocycles. The molecule has 0 saturated heterocycles. The highest BCUT2D eigenvalue weighted by atomic mass is 32.1. The summed E-state index contributed by atoms with van der Waals surface area (Å²) in [7, 11) is 0. The molecule has 1 aromatic heterocycles. The Morgan fingerprint density at radius 1 is 1.62 bits per heavy atom. The number of aromatic nitrogens is 2. The molecule has 0 spiro atoms. The van der Waals surface area contributed by atoms with E-state index in [2.05, 4.69) is 24.1 Å². The van der Waals surface area contributed by atoms with Crippen molar-refractivity contribution in [2.75, 3.05) is 6.54 Å². The van der Waals surface area contributed by atoms with Gasteiger partial charge in [0.05, 0.1) is 0 Å². The van der Waals surface area contributed by atoms with Crippen LogP contribution in [0, 0.1) is 17.6 Å². The third-order valence-corrected chi connectivity index (χ3v) is 2.54. The largest absolute Gasteiger partial charge is 0.356 e. The van der Waals surface area contributed by atoms with Gasteiger partial charge in [0.25, 0.3) is 0 Å². The third-order valence-electron chi connectivity index (χ3n) is 2.20. The quantitative estimate of drug-likeness (QED) is 0.775. The molecule has 0 aliphatic heterocycles. The van der Waals surface area contributed by atoms with Crippen LogP contribution in [-0.4, -0.2) is 22.0 Å². The molecule has 1 rings (SSSR count). The average molecular weight is 241 g/mol. The van der Waals surface area contributed by atoms with Crippen LogP contribution in [-0.2, 0) is 11.3 Å². The van der Waals surface area contributed by atoms with Crippen LogP contribution in [0.3, 0.4) is 0 Å². The summed E-state index contributed by atoms with van der Waals surface area (Å²) in [6, 6.07) is 0. The zero-order valence-corrected chi connectivity index (χ0v) is 10.9. The first-order valence-corrected chi connectivity index (χ1v) is 5.92. The molecule has 1 aromatic rings. The van der Waals surface area contributed by atoms with E-state index in [1.807, 2.05) is 17.7 Å². The van der Waals surface area contributed by atoms with Crippen LogP contribution in [0.5, 0.6) is 0 Å². The van der Waals surface area contributed by atoms with Crippen molar-refractivity contribution >= 4 is 18.1 Å². The van der Waals surface area contributed by atoms with Gasteiger partial charge in [0.1, 0.15) is 0 Å². The van der Waals surface area contributed by atoms with Gasteiger partial charge in [-0.3, -0.25) is 4.79 Å². The van der Waals surface area contributed by atoms with E-state index >= 15 is 0 Å². The van der Waals surface area contributed by atoms with Crippen LogP contribution in [0.4, 0.5) is 0 Å². The highest BCUT2D eigenvalue weighted by molar-refractivity contribution is 7.71. The van der Waals surface area contributed by atoms with Gasteiger partial charge in [-0.05, 0) is 25.1 Å². The van der Waals surface area contributed by atoms with Crippen molar-refractivity contribution in [3.63, 3.8) is 0 Å². The molecule has 90 valence electrons. The number of carbonyl (C=O) groups is 1. The summed E-state index contributed by atoms with van der Waals surface area (Å²) in [5.74, 6) is 0.565. The first kappa shape index (κ1) is 13.0. The summed E-state index contributed by atoms with van der Waals surface area (Å²) in [5.41, 5.74) is 1.02. The monoisotopic (exact) mass is 241 g/mol. The lowest BCUT2D eigenvalue weighted by Gasteiger charge is -2.07. The van der Waals surface area contributed by atoms with E-state index in [-0.39, 0.29) is 5.91 Å². The smallest absolute Gasteiger partial charge is 0.221 e. The predicted octanol–water partition coefficient (Wildman–Crippen LogP) is 2.02. The molecule has 0 fully saturated rings. The van der Waals surface area contributed by atoms with Crippen molar-refractivity contribution in [3.05, 3.63) is 16.7 Å². The molecule has 1 amide bonds. The molecule has 16 heavy (non-hydrogen) atoms. The second kappa shape index (κ2) is 5.84. The fourth-order valence-electron chi connectivity index (χ4n) is 1.36. The molecule has 0 saturated carbocycles. The third kappa shape index (κ3) is 4.18. The zero-order valence-electron chi connectivity index (χ0n) is 10.0. The van der Waals surface area contributed by atoms with Crippen LogP contribution >= 0.6 is 12.2 Å². The first-order chi connectivity index (χ1) is 7.49. The van der Waals surface area contributed by atoms with Crippen LogP contribution < -0.4 is 5.32 Å². The molecule has 1 heterocycles. The number of hydrogen-bond acceptors (Lipinski definition) is 2. The number of aromatic amines is 1. The number of aryl methyl sites for hydroxylation is 2.